The molecule has 0 aliphatic rings. The lowest BCUT2D eigenvalue weighted by Gasteiger charge is -2.29. The first-order valence-corrected chi connectivity index (χ1v) is 11.4. The maximum atomic E-state index is 12.9. The summed E-state index contributed by atoms with van der Waals surface area (Å²) in [5.74, 6) is 0.693. The van der Waals surface area contributed by atoms with Crippen molar-refractivity contribution in [2.24, 2.45) is 0 Å². The van der Waals surface area contributed by atoms with Gasteiger partial charge in [-0.1, -0.05) is 18.2 Å². The van der Waals surface area contributed by atoms with Crippen molar-refractivity contribution in [3.63, 3.8) is 0 Å². The number of methoxy groups -OCH3 is 2. The van der Waals surface area contributed by atoms with Crippen LogP contribution in [-0.2, 0) is 20.9 Å². The molecule has 0 N–H and O–H groups in total. The fourth-order valence-corrected chi connectivity index (χ4v) is 3.78. The van der Waals surface area contributed by atoms with Crippen molar-refractivity contribution in [1.29, 1.82) is 0 Å². The molecular weight excluding hydrogens is 462 g/mol. The highest BCUT2D eigenvalue weighted by atomic mass is 16.6. The van der Waals surface area contributed by atoms with Crippen molar-refractivity contribution < 1.29 is 28.7 Å². The number of nitro groups is 1. The second-order valence-corrected chi connectivity index (χ2v) is 9.24. The second kappa shape index (κ2) is 11.2. The summed E-state index contributed by atoms with van der Waals surface area (Å²) in [7, 11) is 2.92. The minimum Gasteiger partial charge on any atom is -0.497 e. The molecule has 0 fully saturated rings. The second-order valence-electron chi connectivity index (χ2n) is 9.24. The zero-order chi connectivity index (χ0) is 26.5. The Hall–Kier alpha value is -3.91. The van der Waals surface area contributed by atoms with Gasteiger partial charge in [-0.25, -0.2) is 4.79 Å². The summed E-state index contributed by atoms with van der Waals surface area (Å²) in [5, 5.41) is 11.2. The van der Waals surface area contributed by atoms with Gasteiger partial charge in [0.25, 0.3) is 5.69 Å². The molecule has 0 saturated carbocycles. The number of carbonyl (C=O) groups excluding carboxylic acids is 1. The Labute approximate surface area is 210 Å². The largest absolute Gasteiger partial charge is 0.497 e. The first-order chi connectivity index (χ1) is 17.0. The third kappa shape index (κ3) is 6.40. The molecule has 36 heavy (non-hydrogen) atoms. The van der Waals surface area contributed by atoms with Gasteiger partial charge in [0.05, 0.1) is 24.7 Å². The highest BCUT2D eigenvalue weighted by Crippen LogP contribution is 2.42. The molecule has 8 nitrogen and oxygen atoms in total. The van der Waals surface area contributed by atoms with Gasteiger partial charge < -0.3 is 18.9 Å². The van der Waals surface area contributed by atoms with Crippen LogP contribution in [0.2, 0.25) is 0 Å². The average Bonchev–Trinajstić information content (AvgIpc) is 2.85. The lowest BCUT2D eigenvalue weighted by atomic mass is 9.90. The predicted octanol–water partition coefficient (Wildman–Crippen LogP) is 6.19. The van der Waals surface area contributed by atoms with Gasteiger partial charge in [-0.15, -0.1) is 0 Å². The van der Waals surface area contributed by atoms with Crippen LogP contribution in [0.1, 0.15) is 43.6 Å². The van der Waals surface area contributed by atoms with Crippen LogP contribution in [0.3, 0.4) is 0 Å². The first kappa shape index (κ1) is 26.7. The molecule has 0 saturated heterocycles. The Bertz CT molecular complexity index is 1210. The molecule has 1 atom stereocenters. The first-order valence-electron chi connectivity index (χ1n) is 11.4. The zero-order valence-electron chi connectivity index (χ0n) is 21.4. The number of rotatable bonds is 9. The standard InChI is InChI=1S/C28H31NO7/c1-18-7-16-23(35-17-19-8-14-22(33-5)15-9-19)25(20-10-12-21(13-11-20)29(31)32)24(18)26(27(30)34-6)36-28(2,3)4/h7-16,26H,17H2,1-6H3. The molecule has 0 aromatic heterocycles. The van der Waals surface area contributed by atoms with E-state index in [1.165, 1.54) is 19.2 Å². The number of aryl methyl sites for hydroxylation is 1. The van der Waals surface area contributed by atoms with Gasteiger partial charge in [0.2, 0.25) is 0 Å². The van der Waals surface area contributed by atoms with E-state index in [1.807, 2.05) is 64.1 Å². The number of non-ortho nitro benzene ring substituents is 1. The molecule has 0 heterocycles. The summed E-state index contributed by atoms with van der Waals surface area (Å²) in [6.45, 7) is 7.70. The zero-order valence-corrected chi connectivity index (χ0v) is 21.4. The van der Waals surface area contributed by atoms with Crippen molar-refractivity contribution in [1.82, 2.24) is 0 Å². The molecule has 0 bridgehead atoms. The van der Waals surface area contributed by atoms with Gasteiger partial charge in [0, 0.05) is 23.3 Å². The Kier molecular flexibility index (Phi) is 8.32. The monoisotopic (exact) mass is 493 g/mol. The van der Waals surface area contributed by atoms with Crippen LogP contribution in [0.25, 0.3) is 11.1 Å². The van der Waals surface area contributed by atoms with E-state index in [4.69, 9.17) is 18.9 Å². The summed E-state index contributed by atoms with van der Waals surface area (Å²) >= 11 is 0. The molecule has 3 aromatic rings. The Morgan fingerprint density at radius 2 is 1.61 bits per heavy atom. The number of benzene rings is 3. The lowest BCUT2D eigenvalue weighted by molar-refractivity contribution is -0.384. The molecule has 0 amide bonds. The summed E-state index contributed by atoms with van der Waals surface area (Å²) in [6.07, 6.45) is -1.04. The summed E-state index contributed by atoms with van der Waals surface area (Å²) in [4.78, 5) is 23.7. The van der Waals surface area contributed by atoms with Crippen LogP contribution < -0.4 is 9.47 Å². The van der Waals surface area contributed by atoms with Crippen molar-refractivity contribution >= 4 is 11.7 Å². The summed E-state index contributed by atoms with van der Waals surface area (Å²) in [5.41, 5.74) is 2.86. The van der Waals surface area contributed by atoms with Crippen LogP contribution in [0, 0.1) is 17.0 Å². The van der Waals surface area contributed by atoms with Crippen molar-refractivity contribution in [3.05, 3.63) is 87.5 Å². The SMILES string of the molecule is COC(=O)C(OC(C)(C)C)c1c(C)ccc(OCc2ccc(OC)cc2)c1-c1ccc([N+](=O)[O-])cc1. The molecule has 3 rings (SSSR count). The van der Waals surface area contributed by atoms with Crippen LogP contribution in [0.15, 0.2) is 60.7 Å². The maximum absolute atomic E-state index is 12.9. The van der Waals surface area contributed by atoms with Gasteiger partial charge >= 0.3 is 5.97 Å². The van der Waals surface area contributed by atoms with Crippen LogP contribution in [-0.4, -0.2) is 30.7 Å². The summed E-state index contributed by atoms with van der Waals surface area (Å²) < 4.78 is 22.7. The molecule has 1 unspecified atom stereocenters. The van der Waals surface area contributed by atoms with E-state index in [-0.39, 0.29) is 12.3 Å². The molecule has 0 spiro atoms. The highest BCUT2D eigenvalue weighted by molar-refractivity contribution is 5.85. The number of hydrogen-bond acceptors (Lipinski definition) is 7. The van der Waals surface area contributed by atoms with Gasteiger partial charge in [-0.3, -0.25) is 10.1 Å². The molecule has 190 valence electrons. The van der Waals surface area contributed by atoms with Gasteiger partial charge in [-0.2, -0.15) is 0 Å². The number of nitrogens with zero attached hydrogens (tertiary/aromatic N) is 1. The van der Waals surface area contributed by atoms with Crippen molar-refractivity contribution in [2.75, 3.05) is 14.2 Å². The average molecular weight is 494 g/mol. The Morgan fingerprint density at radius 1 is 0.972 bits per heavy atom. The fraction of sp³-hybridized carbons (Fsp3) is 0.321. The number of ether oxygens (including phenoxy) is 4. The van der Waals surface area contributed by atoms with E-state index in [1.54, 1.807) is 19.2 Å². The fourth-order valence-electron chi connectivity index (χ4n) is 3.78. The normalized spacial score (nSPS) is 12.1. The van der Waals surface area contributed by atoms with E-state index in [0.717, 1.165) is 16.9 Å². The molecule has 8 heteroatoms. The topological polar surface area (TPSA) is 97.1 Å². The molecule has 0 aliphatic carbocycles. The van der Waals surface area contributed by atoms with E-state index < -0.39 is 22.6 Å². The minimum atomic E-state index is -1.04. The summed E-state index contributed by atoms with van der Waals surface area (Å²) in [6, 6.07) is 17.3. The minimum absolute atomic E-state index is 0.0379. The van der Waals surface area contributed by atoms with Gasteiger partial charge in [-0.05, 0) is 74.7 Å². The Balaban J connectivity index is 2.16. The molecular formula is C28H31NO7. The number of nitro benzene ring substituents is 1. The van der Waals surface area contributed by atoms with E-state index >= 15 is 0 Å². The van der Waals surface area contributed by atoms with Crippen LogP contribution >= 0.6 is 0 Å². The highest BCUT2D eigenvalue weighted by Gasteiger charge is 2.33. The van der Waals surface area contributed by atoms with E-state index in [0.29, 0.717) is 22.4 Å². The third-order valence-corrected chi connectivity index (χ3v) is 5.49. The molecule has 0 aliphatic heterocycles. The van der Waals surface area contributed by atoms with Crippen molar-refractivity contribution in [3.8, 4) is 22.6 Å². The van der Waals surface area contributed by atoms with E-state index in [9.17, 15) is 14.9 Å². The van der Waals surface area contributed by atoms with Crippen LogP contribution in [0.4, 0.5) is 5.69 Å². The van der Waals surface area contributed by atoms with Crippen LogP contribution in [0.5, 0.6) is 11.5 Å². The third-order valence-electron chi connectivity index (χ3n) is 5.49. The van der Waals surface area contributed by atoms with Crippen molar-refractivity contribution in [2.45, 2.75) is 46.0 Å². The quantitative estimate of drug-likeness (QED) is 0.199. The molecule has 3 aromatic carbocycles. The van der Waals surface area contributed by atoms with Gasteiger partial charge in [0.15, 0.2) is 6.10 Å². The Morgan fingerprint density at radius 3 is 2.14 bits per heavy atom. The number of esters is 1. The maximum Gasteiger partial charge on any atom is 0.339 e. The predicted molar refractivity (Wildman–Crippen MR) is 136 cm³/mol. The smallest absolute Gasteiger partial charge is 0.339 e. The lowest BCUT2D eigenvalue weighted by Crippen LogP contribution is -2.29. The van der Waals surface area contributed by atoms with Gasteiger partial charge in [0.1, 0.15) is 18.1 Å². The number of carbonyl (C=O) groups is 1. The molecule has 0 radical (unpaired) electrons. The van der Waals surface area contributed by atoms with E-state index in [2.05, 4.69) is 0 Å². The number of hydrogen-bond donors (Lipinski definition) is 0.